The number of carbonyl (C=O) groups excluding carboxylic acids is 1. The molecule has 0 aliphatic carbocycles. The highest BCUT2D eigenvalue weighted by atomic mass is 35.5. The van der Waals surface area contributed by atoms with Crippen molar-refractivity contribution in [2.75, 3.05) is 45.5 Å². The van der Waals surface area contributed by atoms with E-state index >= 15 is 0 Å². The summed E-state index contributed by atoms with van der Waals surface area (Å²) in [5, 5.41) is 7.27. The Morgan fingerprint density at radius 3 is 2.46 bits per heavy atom. The zero-order chi connectivity index (χ0) is 32.8. The van der Waals surface area contributed by atoms with Crippen LogP contribution in [0.2, 0.25) is 5.02 Å². The van der Waals surface area contributed by atoms with Gasteiger partial charge in [0.1, 0.15) is 17.3 Å². The van der Waals surface area contributed by atoms with Crippen LogP contribution in [-0.2, 0) is 4.79 Å². The van der Waals surface area contributed by atoms with Gasteiger partial charge in [-0.25, -0.2) is 4.98 Å². The number of amides is 1. The molecule has 9 nitrogen and oxygen atoms in total. The van der Waals surface area contributed by atoms with Crippen LogP contribution < -0.4 is 25.7 Å². The van der Waals surface area contributed by atoms with Crippen LogP contribution in [0.25, 0.3) is 22.0 Å². The number of pyridine rings is 2. The SMILES string of the molecule is COc1cc(OC)c(Cl)c(-c2cc3cnc(Nc4ccccc4)cc3n(C(C)c3cccc(NC(=O)/C=C/CN(C)C)c3)c2=O)c1. The van der Waals surface area contributed by atoms with E-state index < -0.39 is 6.04 Å². The molecule has 5 aromatic rings. The molecule has 10 heteroatoms. The minimum atomic E-state index is -0.450. The highest BCUT2D eigenvalue weighted by Crippen LogP contribution is 2.39. The molecule has 46 heavy (non-hydrogen) atoms. The first-order chi connectivity index (χ1) is 22.2. The summed E-state index contributed by atoms with van der Waals surface area (Å²) < 4.78 is 12.7. The van der Waals surface area contributed by atoms with Crippen molar-refractivity contribution in [2.24, 2.45) is 0 Å². The van der Waals surface area contributed by atoms with Crippen LogP contribution in [0.1, 0.15) is 18.5 Å². The number of para-hydroxylation sites is 1. The summed E-state index contributed by atoms with van der Waals surface area (Å²) in [5.74, 6) is 1.23. The molecular formula is C36H36ClN5O4. The number of nitrogens with zero attached hydrogens (tertiary/aromatic N) is 3. The molecule has 0 saturated heterocycles. The molecule has 0 fully saturated rings. The lowest BCUT2D eigenvalue weighted by Gasteiger charge is -2.22. The maximum Gasteiger partial charge on any atom is 0.259 e. The van der Waals surface area contributed by atoms with Crippen molar-refractivity contribution in [3.63, 3.8) is 0 Å². The van der Waals surface area contributed by atoms with Gasteiger partial charge in [0, 0.05) is 58.8 Å². The average Bonchev–Trinajstić information content (AvgIpc) is 3.05. The Balaban J connectivity index is 1.65. The minimum absolute atomic E-state index is 0.236. The molecule has 1 amide bonds. The van der Waals surface area contributed by atoms with Crippen LogP contribution in [0.3, 0.4) is 0 Å². The highest BCUT2D eigenvalue weighted by molar-refractivity contribution is 6.35. The zero-order valence-electron chi connectivity index (χ0n) is 26.4. The van der Waals surface area contributed by atoms with Crippen molar-refractivity contribution < 1.29 is 14.3 Å². The summed E-state index contributed by atoms with van der Waals surface area (Å²) in [4.78, 5) is 33.7. The van der Waals surface area contributed by atoms with Gasteiger partial charge in [-0.15, -0.1) is 0 Å². The summed E-state index contributed by atoms with van der Waals surface area (Å²) in [7, 11) is 6.93. The first kappa shape index (κ1) is 32.3. The van der Waals surface area contributed by atoms with Crippen molar-refractivity contribution >= 4 is 45.6 Å². The number of methoxy groups -OCH3 is 2. The van der Waals surface area contributed by atoms with Crippen LogP contribution in [0, 0.1) is 0 Å². The molecule has 3 aromatic carbocycles. The topological polar surface area (TPSA) is 97.7 Å². The Morgan fingerprint density at radius 2 is 1.74 bits per heavy atom. The Morgan fingerprint density at radius 1 is 0.978 bits per heavy atom. The molecule has 2 heterocycles. The predicted molar refractivity (Wildman–Crippen MR) is 186 cm³/mol. The molecule has 0 radical (unpaired) electrons. The average molecular weight is 638 g/mol. The smallest absolute Gasteiger partial charge is 0.259 e. The Kier molecular flexibility index (Phi) is 10.0. The van der Waals surface area contributed by atoms with Crippen LogP contribution >= 0.6 is 11.6 Å². The van der Waals surface area contributed by atoms with Crippen LogP contribution in [0.4, 0.5) is 17.2 Å². The molecule has 1 unspecified atom stereocenters. The second-order valence-corrected chi connectivity index (χ2v) is 11.4. The summed E-state index contributed by atoms with van der Waals surface area (Å²) in [6.07, 6.45) is 5.04. The fourth-order valence-electron chi connectivity index (χ4n) is 5.16. The van der Waals surface area contributed by atoms with Gasteiger partial charge in [0.2, 0.25) is 5.91 Å². The van der Waals surface area contributed by atoms with Crippen molar-refractivity contribution in [2.45, 2.75) is 13.0 Å². The van der Waals surface area contributed by atoms with Crippen molar-refractivity contribution in [3.05, 3.63) is 118 Å². The predicted octanol–water partition coefficient (Wildman–Crippen LogP) is 7.14. The number of ether oxygens (including phenoxy) is 2. The van der Waals surface area contributed by atoms with E-state index in [0.29, 0.717) is 51.2 Å². The zero-order valence-corrected chi connectivity index (χ0v) is 27.1. The number of benzene rings is 3. The number of carbonyl (C=O) groups is 1. The lowest BCUT2D eigenvalue weighted by atomic mass is 10.0. The van der Waals surface area contributed by atoms with Crippen molar-refractivity contribution in [3.8, 4) is 22.6 Å². The van der Waals surface area contributed by atoms with E-state index in [1.54, 1.807) is 42.1 Å². The maximum absolute atomic E-state index is 14.6. The minimum Gasteiger partial charge on any atom is -0.497 e. The number of rotatable bonds is 11. The molecule has 2 aromatic heterocycles. The van der Waals surface area contributed by atoms with E-state index in [2.05, 4.69) is 15.6 Å². The molecule has 0 aliphatic rings. The van der Waals surface area contributed by atoms with Gasteiger partial charge >= 0.3 is 0 Å². The standard InChI is InChI=1S/C36H36ClN5O4/c1-23(24-11-9-14-27(17-24)40-34(43)15-10-16-41(2)3)42-31-21-33(39-26-12-7-6-8-13-26)38-22-25(31)18-30(36(42)44)29-19-28(45-4)20-32(46-5)35(29)37/h6-15,17-23H,16H2,1-5H3,(H,38,39)(H,40,43)/b15-10+. The Labute approximate surface area is 273 Å². The van der Waals surface area contributed by atoms with Gasteiger partial charge in [0.15, 0.2) is 0 Å². The second kappa shape index (κ2) is 14.3. The maximum atomic E-state index is 14.6. The number of fused-ring (bicyclic) bond motifs is 1. The number of anilines is 3. The first-order valence-corrected chi connectivity index (χ1v) is 15.1. The van der Waals surface area contributed by atoms with Gasteiger partial charge in [-0.1, -0.05) is 48.0 Å². The second-order valence-electron chi connectivity index (χ2n) is 11.0. The van der Waals surface area contributed by atoms with E-state index in [1.807, 2.05) is 86.6 Å². The molecule has 0 aliphatic heterocycles. The largest absolute Gasteiger partial charge is 0.497 e. The molecule has 236 valence electrons. The molecular weight excluding hydrogens is 602 g/mol. The van der Waals surface area contributed by atoms with Gasteiger partial charge < -0.3 is 29.6 Å². The highest BCUT2D eigenvalue weighted by Gasteiger charge is 2.22. The number of aromatic nitrogens is 2. The number of halogens is 1. The quantitative estimate of drug-likeness (QED) is 0.149. The molecule has 2 N–H and O–H groups in total. The number of nitrogens with one attached hydrogen (secondary N) is 2. The van der Waals surface area contributed by atoms with Gasteiger partial charge in [-0.2, -0.15) is 0 Å². The Hall–Kier alpha value is -5.12. The van der Waals surface area contributed by atoms with Gasteiger partial charge in [-0.3, -0.25) is 9.59 Å². The van der Waals surface area contributed by atoms with E-state index in [0.717, 1.165) is 16.6 Å². The van der Waals surface area contributed by atoms with E-state index in [-0.39, 0.29) is 11.5 Å². The van der Waals surface area contributed by atoms with Gasteiger partial charge in [0.25, 0.3) is 5.56 Å². The lowest BCUT2D eigenvalue weighted by molar-refractivity contribution is -0.111. The molecule has 0 bridgehead atoms. The number of hydrogen-bond donors (Lipinski definition) is 2. The summed E-state index contributed by atoms with van der Waals surface area (Å²) in [6, 6.07) is 23.8. The normalized spacial score (nSPS) is 12.0. The summed E-state index contributed by atoms with van der Waals surface area (Å²) in [5.41, 5.74) is 3.54. The van der Waals surface area contributed by atoms with Crippen LogP contribution in [0.15, 0.2) is 102 Å². The van der Waals surface area contributed by atoms with Crippen LogP contribution in [-0.4, -0.2) is 55.2 Å². The molecule has 1 atom stereocenters. The number of hydrogen-bond acceptors (Lipinski definition) is 7. The monoisotopic (exact) mass is 637 g/mol. The van der Waals surface area contributed by atoms with Crippen molar-refractivity contribution in [1.29, 1.82) is 0 Å². The third kappa shape index (κ3) is 7.22. The van der Waals surface area contributed by atoms with Gasteiger partial charge in [0.05, 0.1) is 30.8 Å². The fourth-order valence-corrected chi connectivity index (χ4v) is 5.45. The third-order valence-corrected chi connectivity index (χ3v) is 7.88. The Bertz CT molecular complexity index is 1960. The molecule has 0 spiro atoms. The van der Waals surface area contributed by atoms with E-state index in [9.17, 15) is 9.59 Å². The molecule has 0 saturated carbocycles. The lowest BCUT2D eigenvalue weighted by Crippen LogP contribution is -2.26. The first-order valence-electron chi connectivity index (χ1n) is 14.7. The number of likely N-dealkylation sites (N-methyl/N-ethyl adjacent to an activating group) is 1. The fraction of sp³-hybridized carbons (Fsp3) is 0.194. The summed E-state index contributed by atoms with van der Waals surface area (Å²) >= 11 is 6.78. The van der Waals surface area contributed by atoms with E-state index in [4.69, 9.17) is 21.1 Å². The van der Waals surface area contributed by atoms with Crippen LogP contribution in [0.5, 0.6) is 11.5 Å². The third-order valence-electron chi connectivity index (χ3n) is 7.49. The van der Waals surface area contributed by atoms with Crippen molar-refractivity contribution in [1.82, 2.24) is 14.5 Å². The van der Waals surface area contributed by atoms with E-state index in [1.165, 1.54) is 13.2 Å². The summed E-state index contributed by atoms with van der Waals surface area (Å²) in [6.45, 7) is 2.59. The molecule has 5 rings (SSSR count). The van der Waals surface area contributed by atoms with Gasteiger partial charge in [-0.05, 0) is 63.0 Å².